The summed E-state index contributed by atoms with van der Waals surface area (Å²) in [6.45, 7) is 0. The Kier molecular flexibility index (Phi) is 8.19. The quantitative estimate of drug-likeness (QED) is 0.159. The molecular formula is C56H36N2. The molecule has 0 aliphatic carbocycles. The van der Waals surface area contributed by atoms with E-state index in [0.29, 0.717) is 0 Å². The fourth-order valence-corrected chi connectivity index (χ4v) is 8.64. The lowest BCUT2D eigenvalue weighted by atomic mass is 9.84. The third-order valence-electron chi connectivity index (χ3n) is 11.6. The molecule has 0 N–H and O–H groups in total. The zero-order valence-electron chi connectivity index (χ0n) is 31.7. The minimum absolute atomic E-state index is 0.950. The van der Waals surface area contributed by atoms with Crippen LogP contribution in [0.1, 0.15) is 0 Å². The molecule has 270 valence electrons. The van der Waals surface area contributed by atoms with Crippen LogP contribution in [0.15, 0.2) is 219 Å². The minimum Gasteiger partial charge on any atom is -0.265 e. The molecule has 0 radical (unpaired) electrons. The van der Waals surface area contributed by atoms with Crippen LogP contribution in [0.5, 0.6) is 0 Å². The maximum absolute atomic E-state index is 5.10. The number of aromatic nitrogens is 2. The van der Waals surface area contributed by atoms with Gasteiger partial charge in [0, 0.05) is 23.5 Å². The predicted octanol–water partition coefficient (Wildman–Crippen LogP) is 15.1. The van der Waals surface area contributed by atoms with E-state index in [1.165, 1.54) is 76.5 Å². The number of nitrogens with zero attached hydrogens (tertiary/aromatic N) is 2. The lowest BCUT2D eigenvalue weighted by Gasteiger charge is -2.19. The van der Waals surface area contributed by atoms with Gasteiger partial charge < -0.3 is 0 Å². The van der Waals surface area contributed by atoms with E-state index in [0.717, 1.165) is 33.6 Å². The molecule has 0 bridgehead atoms. The second-order valence-electron chi connectivity index (χ2n) is 15.0. The smallest absolute Gasteiger partial charge is 0.0709 e. The van der Waals surface area contributed by atoms with Gasteiger partial charge in [-0.15, -0.1) is 0 Å². The van der Waals surface area contributed by atoms with Crippen molar-refractivity contribution < 1.29 is 0 Å². The van der Waals surface area contributed by atoms with Crippen molar-refractivity contribution >= 4 is 43.1 Å². The Labute approximate surface area is 337 Å². The Balaban J connectivity index is 1.03. The van der Waals surface area contributed by atoms with Gasteiger partial charge in [-0.05, 0) is 130 Å². The molecule has 2 nitrogen and oxygen atoms in total. The van der Waals surface area contributed by atoms with Crippen LogP contribution in [0.2, 0.25) is 0 Å². The van der Waals surface area contributed by atoms with Gasteiger partial charge in [0.2, 0.25) is 0 Å². The van der Waals surface area contributed by atoms with E-state index in [-0.39, 0.29) is 0 Å². The molecule has 0 aliphatic heterocycles. The van der Waals surface area contributed by atoms with Gasteiger partial charge in [0.1, 0.15) is 0 Å². The molecule has 0 atom stereocenters. The van der Waals surface area contributed by atoms with E-state index in [1.54, 1.807) is 0 Å². The summed E-state index contributed by atoms with van der Waals surface area (Å²) >= 11 is 0. The van der Waals surface area contributed by atoms with Crippen molar-refractivity contribution in [3.05, 3.63) is 219 Å². The fourth-order valence-electron chi connectivity index (χ4n) is 8.64. The number of hydrogen-bond acceptors (Lipinski definition) is 2. The van der Waals surface area contributed by atoms with Crippen LogP contribution in [0.25, 0.3) is 110 Å². The molecule has 0 spiro atoms. The van der Waals surface area contributed by atoms with E-state index in [2.05, 4.69) is 199 Å². The lowest BCUT2D eigenvalue weighted by molar-refractivity contribution is 1.32. The first-order valence-electron chi connectivity index (χ1n) is 19.8. The molecule has 2 heterocycles. The highest BCUT2D eigenvalue weighted by Gasteiger charge is 2.18. The first-order chi connectivity index (χ1) is 28.7. The molecule has 11 rings (SSSR count). The third kappa shape index (κ3) is 6.00. The molecule has 11 aromatic rings. The van der Waals surface area contributed by atoms with Crippen molar-refractivity contribution in [3.8, 4) is 67.0 Å². The Morgan fingerprint density at radius 2 is 0.655 bits per heavy atom. The highest BCUT2D eigenvalue weighted by atomic mass is 14.7. The average molecular weight is 737 g/mol. The second kappa shape index (κ2) is 14.1. The van der Waals surface area contributed by atoms with Crippen molar-refractivity contribution in [1.29, 1.82) is 0 Å². The van der Waals surface area contributed by atoms with Gasteiger partial charge in [-0.3, -0.25) is 4.98 Å². The first-order valence-corrected chi connectivity index (χ1v) is 19.8. The van der Waals surface area contributed by atoms with Crippen LogP contribution in [0, 0.1) is 0 Å². The summed E-state index contributed by atoms with van der Waals surface area (Å²) in [4.78, 5) is 9.26. The standard InChI is InChI=1S/C56H36N2/c1-3-10-44-34-47(26-20-37(44)8-1)55-49-12-5-6-13-50(49)56(48-27-21-38-9-2-4-11-45(38)35-48)52-36-46(28-29-51(52)55)40-18-24-43(25-19-40)54-15-7-14-53(58-54)42-22-16-39(17-23-42)41-30-32-57-33-31-41/h1-36H. The van der Waals surface area contributed by atoms with Crippen molar-refractivity contribution in [2.75, 3.05) is 0 Å². The zero-order valence-corrected chi connectivity index (χ0v) is 31.7. The summed E-state index contributed by atoms with van der Waals surface area (Å²) in [6, 6.07) is 74.8. The van der Waals surface area contributed by atoms with Crippen molar-refractivity contribution in [1.82, 2.24) is 9.97 Å². The highest BCUT2D eigenvalue weighted by Crippen LogP contribution is 2.46. The highest BCUT2D eigenvalue weighted by molar-refractivity contribution is 6.22. The monoisotopic (exact) mass is 736 g/mol. The Morgan fingerprint density at radius 1 is 0.241 bits per heavy atom. The molecular weight excluding hydrogens is 701 g/mol. The van der Waals surface area contributed by atoms with E-state index in [1.807, 2.05) is 24.5 Å². The van der Waals surface area contributed by atoms with Crippen LogP contribution in [-0.4, -0.2) is 9.97 Å². The van der Waals surface area contributed by atoms with Gasteiger partial charge in [0.25, 0.3) is 0 Å². The van der Waals surface area contributed by atoms with Crippen molar-refractivity contribution in [2.45, 2.75) is 0 Å². The zero-order chi connectivity index (χ0) is 38.4. The van der Waals surface area contributed by atoms with Gasteiger partial charge in [-0.1, -0.05) is 164 Å². The van der Waals surface area contributed by atoms with Gasteiger partial charge in [-0.25, -0.2) is 4.98 Å². The van der Waals surface area contributed by atoms with Gasteiger partial charge in [-0.2, -0.15) is 0 Å². The predicted molar refractivity (Wildman–Crippen MR) is 245 cm³/mol. The van der Waals surface area contributed by atoms with Crippen LogP contribution in [0.3, 0.4) is 0 Å². The lowest BCUT2D eigenvalue weighted by Crippen LogP contribution is -1.92. The maximum atomic E-state index is 5.10. The molecule has 0 saturated carbocycles. The summed E-state index contributed by atoms with van der Waals surface area (Å²) in [7, 11) is 0. The Hall–Kier alpha value is -7.68. The minimum atomic E-state index is 0.950. The van der Waals surface area contributed by atoms with E-state index in [4.69, 9.17) is 4.98 Å². The molecule has 0 saturated heterocycles. The van der Waals surface area contributed by atoms with Crippen LogP contribution in [-0.2, 0) is 0 Å². The van der Waals surface area contributed by atoms with Crippen LogP contribution in [0.4, 0.5) is 0 Å². The Morgan fingerprint density at radius 3 is 1.22 bits per heavy atom. The maximum Gasteiger partial charge on any atom is 0.0709 e. The fraction of sp³-hybridized carbons (Fsp3) is 0. The molecule has 0 fully saturated rings. The second-order valence-corrected chi connectivity index (χ2v) is 15.0. The van der Waals surface area contributed by atoms with Crippen LogP contribution >= 0.6 is 0 Å². The molecule has 9 aromatic carbocycles. The van der Waals surface area contributed by atoms with Gasteiger partial charge in [0.05, 0.1) is 11.4 Å². The molecule has 0 unspecified atom stereocenters. The third-order valence-corrected chi connectivity index (χ3v) is 11.6. The number of hydrogen-bond donors (Lipinski definition) is 0. The number of rotatable bonds is 6. The topological polar surface area (TPSA) is 25.8 Å². The summed E-state index contributed by atoms with van der Waals surface area (Å²) in [5, 5.41) is 9.95. The number of pyridine rings is 2. The summed E-state index contributed by atoms with van der Waals surface area (Å²) in [5.41, 5.74) is 13.7. The normalized spacial score (nSPS) is 11.4. The van der Waals surface area contributed by atoms with E-state index >= 15 is 0 Å². The number of benzene rings is 9. The van der Waals surface area contributed by atoms with Crippen molar-refractivity contribution in [3.63, 3.8) is 0 Å². The summed E-state index contributed by atoms with van der Waals surface area (Å²) in [6.07, 6.45) is 3.65. The van der Waals surface area contributed by atoms with Gasteiger partial charge in [0.15, 0.2) is 0 Å². The molecule has 0 aliphatic rings. The molecule has 2 aromatic heterocycles. The Bertz CT molecular complexity index is 3310. The SMILES string of the molecule is c1cc(-c2ccc(-c3ccncc3)cc2)nc(-c2ccc(-c3ccc4c(-c5ccc6ccccc6c5)c5ccccc5c(-c5ccc6ccccc6c5)c4c3)cc2)c1. The van der Waals surface area contributed by atoms with E-state index in [9.17, 15) is 0 Å². The summed E-state index contributed by atoms with van der Waals surface area (Å²) in [5.74, 6) is 0. The van der Waals surface area contributed by atoms with Crippen LogP contribution < -0.4 is 0 Å². The molecule has 2 heteroatoms. The summed E-state index contributed by atoms with van der Waals surface area (Å²) < 4.78 is 0. The average Bonchev–Trinajstić information content (AvgIpc) is 3.30. The largest absolute Gasteiger partial charge is 0.265 e. The molecule has 58 heavy (non-hydrogen) atoms. The van der Waals surface area contributed by atoms with Crippen molar-refractivity contribution in [2.24, 2.45) is 0 Å². The van der Waals surface area contributed by atoms with E-state index < -0.39 is 0 Å². The first kappa shape index (κ1) is 33.6. The molecule has 0 amide bonds. The van der Waals surface area contributed by atoms with Gasteiger partial charge >= 0.3 is 0 Å². The number of fused-ring (bicyclic) bond motifs is 4.